The number of benzene rings is 1. The van der Waals surface area contributed by atoms with Crippen molar-refractivity contribution in [2.45, 2.75) is 95.4 Å². The number of rotatable bonds is 3. The van der Waals surface area contributed by atoms with Crippen LogP contribution in [0, 0.1) is 0 Å². The molecule has 3 nitrogen and oxygen atoms in total. The van der Waals surface area contributed by atoms with Crippen molar-refractivity contribution in [3.63, 3.8) is 0 Å². The molecule has 2 N–H and O–H groups in total. The molecule has 0 spiro atoms. The van der Waals surface area contributed by atoms with Crippen LogP contribution in [0.1, 0.15) is 94.9 Å². The van der Waals surface area contributed by atoms with Crippen LogP contribution < -0.4 is 5.32 Å². The largest absolute Gasteiger partial charge is 0.507 e. The fraction of sp³-hybridized carbons (Fsp3) is 0.682. The topological polar surface area (TPSA) is 49.3 Å². The molecule has 150 valence electrons. The highest BCUT2D eigenvalue weighted by atomic mass is 16.3. The molecule has 0 atom stereocenters. The van der Waals surface area contributed by atoms with E-state index in [1.165, 1.54) is 0 Å². The van der Waals surface area contributed by atoms with Crippen LogP contribution in [0.3, 0.4) is 0 Å². The Bertz CT molecular complexity index is 485. The molecular weight excluding hydrogens is 310 g/mol. The number of hydrogen-bond acceptors (Lipinski definition) is 2. The number of carbonyl (C=O) groups is 1. The summed E-state index contributed by atoms with van der Waals surface area (Å²) in [6, 6.07) is 3.92. The molecule has 1 rings (SSSR count). The zero-order valence-corrected chi connectivity index (χ0v) is 14.4. The van der Waals surface area contributed by atoms with E-state index in [1.807, 2.05) is 19.1 Å². The third kappa shape index (κ3) is 8.42. The van der Waals surface area contributed by atoms with Gasteiger partial charge in [0.05, 0.1) is 6.42 Å². The summed E-state index contributed by atoms with van der Waals surface area (Å²) in [6.07, 6.45) is 0.348. The third-order valence-corrected chi connectivity index (χ3v) is 3.52. The van der Waals surface area contributed by atoms with Crippen molar-refractivity contribution >= 4 is 5.91 Å². The number of phenolic OH excluding ortho intramolecular Hbond substituents is 1. The van der Waals surface area contributed by atoms with E-state index in [0.29, 0.717) is 18.7 Å². The molecule has 1 aromatic rings. The lowest BCUT2D eigenvalue weighted by atomic mass is 9.78. The van der Waals surface area contributed by atoms with E-state index in [2.05, 4.69) is 46.9 Å². The van der Waals surface area contributed by atoms with Gasteiger partial charge in [0, 0.05) is 6.54 Å². The van der Waals surface area contributed by atoms with Crippen LogP contribution in [0.2, 0.25) is 0 Å². The molecule has 0 fully saturated rings. The number of carbonyl (C=O) groups excluding carboxylic acids is 1. The Morgan fingerprint density at radius 3 is 1.56 bits per heavy atom. The maximum absolute atomic E-state index is 11.8. The van der Waals surface area contributed by atoms with E-state index in [0.717, 1.165) is 16.7 Å². The molecule has 0 heterocycles. The van der Waals surface area contributed by atoms with Crippen LogP contribution in [-0.4, -0.2) is 17.6 Å². The molecule has 0 saturated heterocycles. The second-order valence-electron chi connectivity index (χ2n) is 7.67. The van der Waals surface area contributed by atoms with Crippen LogP contribution in [0.4, 0.5) is 0 Å². The highest BCUT2D eigenvalue weighted by Crippen LogP contribution is 2.39. The number of nitrogens with one attached hydrogen (secondary N) is 1. The van der Waals surface area contributed by atoms with Gasteiger partial charge >= 0.3 is 0 Å². The van der Waals surface area contributed by atoms with Crippen LogP contribution in [0.25, 0.3) is 0 Å². The summed E-state index contributed by atoms with van der Waals surface area (Å²) in [6.45, 7) is 15.0. The minimum Gasteiger partial charge on any atom is -0.507 e. The molecule has 0 radical (unpaired) electrons. The lowest BCUT2D eigenvalue weighted by Crippen LogP contribution is -2.25. The Kier molecular flexibility index (Phi) is 14.0. The molecule has 0 saturated carbocycles. The van der Waals surface area contributed by atoms with Gasteiger partial charge in [-0.05, 0) is 34.4 Å². The highest BCUT2D eigenvalue weighted by molar-refractivity contribution is 5.78. The van der Waals surface area contributed by atoms with E-state index in [-0.39, 0.29) is 46.4 Å². The van der Waals surface area contributed by atoms with Crippen molar-refractivity contribution in [2.75, 3.05) is 6.54 Å². The van der Waals surface area contributed by atoms with Crippen molar-refractivity contribution in [2.24, 2.45) is 0 Å². The van der Waals surface area contributed by atoms with Gasteiger partial charge < -0.3 is 10.4 Å². The Labute approximate surface area is 158 Å². The minimum atomic E-state index is -0.165. The van der Waals surface area contributed by atoms with Gasteiger partial charge in [-0.3, -0.25) is 4.79 Å². The number of amides is 1. The summed E-state index contributed by atoms with van der Waals surface area (Å²) in [7, 11) is 0. The highest BCUT2D eigenvalue weighted by Gasteiger charge is 2.26. The maximum atomic E-state index is 11.8. The molecule has 0 unspecified atom stereocenters. The van der Waals surface area contributed by atoms with Gasteiger partial charge in [0.25, 0.3) is 0 Å². The fourth-order valence-corrected chi connectivity index (χ4v) is 2.38. The van der Waals surface area contributed by atoms with Crippen molar-refractivity contribution in [3.8, 4) is 5.75 Å². The van der Waals surface area contributed by atoms with Crippen LogP contribution in [0.15, 0.2) is 12.1 Å². The predicted molar refractivity (Wildman–Crippen MR) is 115 cm³/mol. The van der Waals surface area contributed by atoms with Gasteiger partial charge in [-0.15, -0.1) is 0 Å². The average Bonchev–Trinajstić information content (AvgIpc) is 2.28. The van der Waals surface area contributed by atoms with Crippen molar-refractivity contribution in [3.05, 3.63) is 28.8 Å². The molecule has 0 aliphatic heterocycles. The van der Waals surface area contributed by atoms with Crippen LogP contribution in [0.5, 0.6) is 5.75 Å². The predicted octanol–water partition coefficient (Wildman–Crippen LogP) is 6.21. The molecule has 1 aromatic carbocycles. The molecule has 0 aliphatic rings. The molecular formula is C22H45NO2. The summed E-state index contributed by atoms with van der Waals surface area (Å²) in [5, 5.41) is 13.4. The monoisotopic (exact) mass is 355 g/mol. The van der Waals surface area contributed by atoms with Crippen molar-refractivity contribution in [1.82, 2.24) is 5.32 Å². The fourth-order valence-electron chi connectivity index (χ4n) is 2.38. The van der Waals surface area contributed by atoms with Gasteiger partial charge in [0.1, 0.15) is 5.75 Å². The van der Waals surface area contributed by atoms with Crippen molar-refractivity contribution in [1.29, 1.82) is 0 Å². The number of phenols is 1. The summed E-state index contributed by atoms with van der Waals surface area (Å²) in [5.41, 5.74) is 2.42. The summed E-state index contributed by atoms with van der Waals surface area (Å²) in [4.78, 5) is 11.8. The Hall–Kier alpha value is -1.51. The molecule has 0 bridgehead atoms. The number of aromatic hydroxyl groups is 1. The Balaban J connectivity index is -0.000000551. The lowest BCUT2D eigenvalue weighted by Gasteiger charge is -2.28. The third-order valence-electron chi connectivity index (χ3n) is 3.52. The second kappa shape index (κ2) is 11.2. The van der Waals surface area contributed by atoms with E-state index in [9.17, 15) is 9.90 Å². The zero-order valence-electron chi connectivity index (χ0n) is 14.4. The molecule has 0 aromatic heterocycles. The van der Waals surface area contributed by atoms with Crippen LogP contribution in [-0.2, 0) is 22.0 Å². The van der Waals surface area contributed by atoms with E-state index < -0.39 is 0 Å². The smallest absolute Gasteiger partial charge is 0.224 e. The Morgan fingerprint density at radius 1 is 0.920 bits per heavy atom. The maximum Gasteiger partial charge on any atom is 0.224 e. The quantitative estimate of drug-likeness (QED) is 0.677. The van der Waals surface area contributed by atoms with Crippen LogP contribution >= 0.6 is 0 Å². The lowest BCUT2D eigenvalue weighted by molar-refractivity contribution is -0.120. The van der Waals surface area contributed by atoms with E-state index in [4.69, 9.17) is 0 Å². The molecule has 0 aliphatic carbocycles. The number of hydrogen-bond donors (Lipinski definition) is 2. The zero-order chi connectivity index (χ0) is 16.4. The van der Waals surface area contributed by atoms with Gasteiger partial charge in [0.15, 0.2) is 0 Å². The average molecular weight is 356 g/mol. The molecule has 1 amide bonds. The first-order chi connectivity index (χ1) is 9.46. The molecule has 25 heavy (non-hydrogen) atoms. The van der Waals surface area contributed by atoms with Crippen molar-refractivity contribution < 1.29 is 9.90 Å². The SMILES string of the molecule is C.C.C.C.CCNC(=O)Cc1cc(C(C)(C)C)c(O)c(C(C)(C)C)c1. The van der Waals surface area contributed by atoms with Gasteiger partial charge in [0.2, 0.25) is 5.91 Å². The second-order valence-corrected chi connectivity index (χ2v) is 7.67. The molecule has 3 heteroatoms. The number of likely N-dealkylation sites (N-methyl/N-ethyl adjacent to an activating group) is 1. The van der Waals surface area contributed by atoms with E-state index >= 15 is 0 Å². The van der Waals surface area contributed by atoms with Gasteiger partial charge in [-0.1, -0.05) is 83.4 Å². The standard InChI is InChI=1S/C18H29NO2.4CH4/c1-8-19-15(20)11-12-9-13(17(2,3)4)16(21)14(10-12)18(5,6)7;;;;/h9-10,21H,8,11H2,1-7H3,(H,19,20);4*1H4. The summed E-state index contributed by atoms with van der Waals surface area (Å²) >= 11 is 0. The summed E-state index contributed by atoms with van der Waals surface area (Å²) in [5.74, 6) is 0.373. The first-order valence-corrected chi connectivity index (χ1v) is 7.60. The van der Waals surface area contributed by atoms with E-state index in [1.54, 1.807) is 0 Å². The van der Waals surface area contributed by atoms with Gasteiger partial charge in [-0.2, -0.15) is 0 Å². The van der Waals surface area contributed by atoms with Gasteiger partial charge in [-0.25, -0.2) is 0 Å². The summed E-state index contributed by atoms with van der Waals surface area (Å²) < 4.78 is 0. The first-order valence-electron chi connectivity index (χ1n) is 7.60. The minimum absolute atomic E-state index is 0. The first kappa shape index (κ1) is 31.3. The Morgan fingerprint density at radius 2 is 1.28 bits per heavy atom. The normalized spacial score (nSPS) is 10.4.